The molecule has 2 N–H and O–H groups in total. The Morgan fingerprint density at radius 1 is 1.53 bits per heavy atom. The molecule has 0 aliphatic carbocycles. The average Bonchev–Trinajstić information content (AvgIpc) is 2.57. The van der Waals surface area contributed by atoms with Gasteiger partial charge in [0.25, 0.3) is 0 Å². The van der Waals surface area contributed by atoms with Crippen LogP contribution in [0.1, 0.15) is 38.6 Å². The van der Waals surface area contributed by atoms with E-state index in [-0.39, 0.29) is 0 Å². The minimum atomic E-state index is 0.336. The lowest BCUT2D eigenvalue weighted by Gasteiger charge is -2.07. The van der Waals surface area contributed by atoms with Crippen LogP contribution in [0.25, 0.3) is 0 Å². The summed E-state index contributed by atoms with van der Waals surface area (Å²) >= 11 is 4.93. The molecule has 0 aliphatic heterocycles. The highest BCUT2D eigenvalue weighted by molar-refractivity contribution is 7.80. The van der Waals surface area contributed by atoms with E-state index in [4.69, 9.17) is 18.0 Å². The summed E-state index contributed by atoms with van der Waals surface area (Å²) in [6, 6.07) is 0. The molecule has 1 aromatic rings. The van der Waals surface area contributed by atoms with Gasteiger partial charge in [-0.15, -0.1) is 5.10 Å². The molecular formula is C10H18N4S. The van der Waals surface area contributed by atoms with E-state index in [1.807, 2.05) is 4.68 Å². The van der Waals surface area contributed by atoms with Crippen molar-refractivity contribution in [3.05, 3.63) is 11.4 Å². The van der Waals surface area contributed by atoms with E-state index in [9.17, 15) is 0 Å². The van der Waals surface area contributed by atoms with Crippen LogP contribution in [0.3, 0.4) is 0 Å². The van der Waals surface area contributed by atoms with Crippen molar-refractivity contribution in [2.45, 2.75) is 40.2 Å². The smallest absolute Gasteiger partial charge is 0.143 e. The monoisotopic (exact) mass is 226 g/mol. The average molecular weight is 226 g/mol. The summed E-state index contributed by atoms with van der Waals surface area (Å²) in [6.45, 7) is 7.33. The van der Waals surface area contributed by atoms with Gasteiger partial charge in [0.1, 0.15) is 10.7 Å². The quantitative estimate of drug-likeness (QED) is 0.773. The van der Waals surface area contributed by atoms with Crippen molar-refractivity contribution in [2.24, 2.45) is 11.7 Å². The molecule has 0 radical (unpaired) electrons. The Morgan fingerprint density at radius 3 is 2.67 bits per heavy atom. The molecule has 1 aromatic heterocycles. The Hall–Kier alpha value is -0.970. The molecule has 0 unspecified atom stereocenters. The van der Waals surface area contributed by atoms with E-state index in [2.05, 4.69) is 31.1 Å². The molecule has 5 heteroatoms. The van der Waals surface area contributed by atoms with Crippen LogP contribution in [0.2, 0.25) is 0 Å². The van der Waals surface area contributed by atoms with E-state index >= 15 is 0 Å². The third-order valence-electron chi connectivity index (χ3n) is 2.32. The standard InChI is InChI=1S/C10H18N4S/c1-4-8-9(10(11)15)12-13-14(8)6-5-7(2)3/h7H,4-6H2,1-3H3,(H2,11,15). The van der Waals surface area contributed by atoms with Crippen molar-refractivity contribution in [3.8, 4) is 0 Å². The first-order chi connectivity index (χ1) is 7.06. The number of nitrogens with zero attached hydrogens (tertiary/aromatic N) is 3. The van der Waals surface area contributed by atoms with Crippen molar-refractivity contribution >= 4 is 17.2 Å². The van der Waals surface area contributed by atoms with Gasteiger partial charge in [0.05, 0.1) is 5.69 Å². The molecule has 84 valence electrons. The van der Waals surface area contributed by atoms with Crippen LogP contribution in [0.15, 0.2) is 0 Å². The number of aromatic nitrogens is 3. The van der Waals surface area contributed by atoms with Crippen LogP contribution < -0.4 is 5.73 Å². The van der Waals surface area contributed by atoms with E-state index in [0.29, 0.717) is 16.6 Å². The van der Waals surface area contributed by atoms with Crippen molar-refractivity contribution in [3.63, 3.8) is 0 Å². The van der Waals surface area contributed by atoms with Gasteiger partial charge in [-0.1, -0.05) is 38.2 Å². The van der Waals surface area contributed by atoms with Crippen LogP contribution >= 0.6 is 12.2 Å². The maximum Gasteiger partial charge on any atom is 0.143 e. The van der Waals surface area contributed by atoms with E-state index in [1.165, 1.54) is 0 Å². The Kier molecular flexibility index (Phi) is 4.20. The SMILES string of the molecule is CCc1c(C(N)=S)nnn1CCC(C)C. The summed E-state index contributed by atoms with van der Waals surface area (Å²) < 4.78 is 1.91. The van der Waals surface area contributed by atoms with Gasteiger partial charge in [0, 0.05) is 6.54 Å². The molecule has 0 aliphatic rings. The molecule has 0 spiro atoms. The highest BCUT2D eigenvalue weighted by atomic mass is 32.1. The lowest BCUT2D eigenvalue weighted by molar-refractivity contribution is 0.468. The summed E-state index contributed by atoms with van der Waals surface area (Å²) in [5, 5.41) is 8.09. The Morgan fingerprint density at radius 2 is 2.20 bits per heavy atom. The first kappa shape index (κ1) is 12.1. The molecule has 0 saturated heterocycles. The van der Waals surface area contributed by atoms with Crippen molar-refractivity contribution < 1.29 is 0 Å². The highest BCUT2D eigenvalue weighted by Crippen LogP contribution is 2.09. The first-order valence-corrected chi connectivity index (χ1v) is 5.69. The van der Waals surface area contributed by atoms with Crippen LogP contribution in [-0.2, 0) is 13.0 Å². The molecule has 0 aromatic carbocycles. The topological polar surface area (TPSA) is 56.7 Å². The minimum Gasteiger partial charge on any atom is -0.388 e. The third-order valence-corrected chi connectivity index (χ3v) is 2.52. The second-order valence-electron chi connectivity index (χ2n) is 4.01. The van der Waals surface area contributed by atoms with E-state index in [1.54, 1.807) is 0 Å². The second kappa shape index (κ2) is 5.21. The van der Waals surface area contributed by atoms with Crippen molar-refractivity contribution in [1.29, 1.82) is 0 Å². The predicted molar refractivity (Wildman–Crippen MR) is 64.7 cm³/mol. The molecule has 15 heavy (non-hydrogen) atoms. The zero-order valence-corrected chi connectivity index (χ0v) is 10.3. The Labute approximate surface area is 95.8 Å². The molecule has 0 saturated carbocycles. The van der Waals surface area contributed by atoms with Crippen molar-refractivity contribution in [2.75, 3.05) is 0 Å². The predicted octanol–water partition coefficient (Wildman–Crippen LogP) is 1.52. The van der Waals surface area contributed by atoms with Crippen LogP contribution in [0.5, 0.6) is 0 Å². The fourth-order valence-corrected chi connectivity index (χ4v) is 1.59. The molecule has 0 amide bonds. The number of nitrogens with two attached hydrogens (primary N) is 1. The summed E-state index contributed by atoms with van der Waals surface area (Å²) in [4.78, 5) is 0.336. The first-order valence-electron chi connectivity index (χ1n) is 5.28. The van der Waals surface area contributed by atoms with Crippen LogP contribution in [0, 0.1) is 5.92 Å². The van der Waals surface area contributed by atoms with Crippen LogP contribution in [0.4, 0.5) is 0 Å². The Bertz CT molecular complexity index is 343. The number of rotatable bonds is 5. The number of aryl methyl sites for hydroxylation is 1. The number of hydrogen-bond acceptors (Lipinski definition) is 3. The second-order valence-corrected chi connectivity index (χ2v) is 4.45. The molecular weight excluding hydrogens is 208 g/mol. The maximum atomic E-state index is 5.58. The molecule has 0 bridgehead atoms. The van der Waals surface area contributed by atoms with Gasteiger partial charge in [-0.3, -0.25) is 0 Å². The normalized spacial score (nSPS) is 10.9. The molecule has 0 fully saturated rings. The zero-order chi connectivity index (χ0) is 11.4. The molecule has 1 rings (SSSR count). The van der Waals surface area contributed by atoms with Gasteiger partial charge in [-0.05, 0) is 18.8 Å². The summed E-state index contributed by atoms with van der Waals surface area (Å²) in [5.74, 6) is 0.659. The molecule has 4 nitrogen and oxygen atoms in total. The number of hydrogen-bond donors (Lipinski definition) is 1. The van der Waals surface area contributed by atoms with E-state index < -0.39 is 0 Å². The number of thiocarbonyl (C=S) groups is 1. The lowest BCUT2D eigenvalue weighted by atomic mass is 10.1. The lowest BCUT2D eigenvalue weighted by Crippen LogP contribution is -2.14. The van der Waals surface area contributed by atoms with Crippen LogP contribution in [-0.4, -0.2) is 20.0 Å². The molecule has 0 atom stereocenters. The summed E-state index contributed by atoms with van der Waals surface area (Å²) in [7, 11) is 0. The third kappa shape index (κ3) is 2.99. The fraction of sp³-hybridized carbons (Fsp3) is 0.700. The van der Waals surface area contributed by atoms with Gasteiger partial charge in [0.2, 0.25) is 0 Å². The van der Waals surface area contributed by atoms with Crippen molar-refractivity contribution in [1.82, 2.24) is 15.0 Å². The highest BCUT2D eigenvalue weighted by Gasteiger charge is 2.12. The van der Waals surface area contributed by atoms with Gasteiger partial charge >= 0.3 is 0 Å². The minimum absolute atomic E-state index is 0.336. The van der Waals surface area contributed by atoms with Gasteiger partial charge in [-0.25, -0.2) is 4.68 Å². The van der Waals surface area contributed by atoms with Gasteiger partial charge in [0.15, 0.2) is 0 Å². The maximum absolute atomic E-state index is 5.58. The Balaban J connectivity index is 2.84. The van der Waals surface area contributed by atoms with E-state index in [0.717, 1.165) is 25.1 Å². The largest absolute Gasteiger partial charge is 0.388 e. The fourth-order valence-electron chi connectivity index (χ4n) is 1.43. The zero-order valence-electron chi connectivity index (χ0n) is 9.53. The molecule has 1 heterocycles. The van der Waals surface area contributed by atoms with Gasteiger partial charge in [-0.2, -0.15) is 0 Å². The summed E-state index contributed by atoms with van der Waals surface area (Å²) in [5.41, 5.74) is 7.30. The summed E-state index contributed by atoms with van der Waals surface area (Å²) in [6.07, 6.45) is 1.95. The van der Waals surface area contributed by atoms with Gasteiger partial charge < -0.3 is 5.73 Å².